The molecule has 1 saturated heterocycles. The molecule has 4 rings (SSSR count). The van der Waals surface area contributed by atoms with Crippen molar-refractivity contribution >= 4 is 12.0 Å². The molecule has 110 valence electrons. The number of likely N-dealkylation sites (tertiary alicyclic amines) is 1. The second-order valence-corrected chi connectivity index (χ2v) is 7.21. The van der Waals surface area contributed by atoms with Crippen LogP contribution in [0.1, 0.15) is 32.6 Å². The average Bonchev–Trinajstić information content (AvgIpc) is 2.81. The molecule has 0 aromatic heterocycles. The summed E-state index contributed by atoms with van der Waals surface area (Å²) in [6.07, 6.45) is 4.81. The fourth-order valence-corrected chi connectivity index (χ4v) is 5.30. The summed E-state index contributed by atoms with van der Waals surface area (Å²) in [5.41, 5.74) is 0. The zero-order valence-corrected chi connectivity index (χ0v) is 11.8. The van der Waals surface area contributed by atoms with Gasteiger partial charge in [-0.2, -0.15) is 0 Å². The van der Waals surface area contributed by atoms with Crippen molar-refractivity contribution < 1.29 is 14.7 Å². The van der Waals surface area contributed by atoms with Gasteiger partial charge in [0, 0.05) is 12.6 Å². The lowest BCUT2D eigenvalue weighted by molar-refractivity contribution is -0.142. The van der Waals surface area contributed by atoms with Crippen LogP contribution < -0.4 is 5.32 Å². The molecule has 0 aromatic rings. The highest BCUT2D eigenvalue weighted by Crippen LogP contribution is 2.65. The van der Waals surface area contributed by atoms with Crippen molar-refractivity contribution in [2.75, 3.05) is 6.54 Å². The number of fused-ring (bicyclic) bond motifs is 5. The number of hydrogen-bond acceptors (Lipinski definition) is 2. The van der Waals surface area contributed by atoms with Crippen LogP contribution in [0.4, 0.5) is 4.79 Å². The molecule has 0 spiro atoms. The minimum Gasteiger partial charge on any atom is -0.480 e. The Morgan fingerprint density at radius 1 is 1.15 bits per heavy atom. The lowest BCUT2D eigenvalue weighted by atomic mass is 10.0. The van der Waals surface area contributed by atoms with E-state index < -0.39 is 12.0 Å². The fraction of sp³-hybridized carbons (Fsp3) is 0.867. The number of carboxylic acid groups (broad SMARTS) is 1. The fourth-order valence-electron chi connectivity index (χ4n) is 5.30. The van der Waals surface area contributed by atoms with Crippen molar-refractivity contribution in [3.8, 4) is 0 Å². The van der Waals surface area contributed by atoms with Gasteiger partial charge in [0.1, 0.15) is 6.04 Å². The molecule has 5 nitrogen and oxygen atoms in total. The predicted molar refractivity (Wildman–Crippen MR) is 72.0 cm³/mol. The number of carboxylic acids is 1. The molecular formula is C15H22N2O3. The number of rotatable bonds is 2. The molecule has 1 aliphatic heterocycles. The smallest absolute Gasteiger partial charge is 0.326 e. The Bertz CT molecular complexity index is 450. The molecule has 1 heterocycles. The highest BCUT2D eigenvalue weighted by atomic mass is 16.4. The monoisotopic (exact) mass is 278 g/mol. The summed E-state index contributed by atoms with van der Waals surface area (Å²) in [5, 5.41) is 12.4. The van der Waals surface area contributed by atoms with E-state index in [1.54, 1.807) is 0 Å². The molecule has 6 atom stereocenters. The topological polar surface area (TPSA) is 69.6 Å². The summed E-state index contributed by atoms with van der Waals surface area (Å²) in [5.74, 6) is 2.21. The molecule has 4 fully saturated rings. The van der Waals surface area contributed by atoms with Crippen LogP contribution in [-0.4, -0.2) is 40.6 Å². The van der Waals surface area contributed by atoms with Crippen LogP contribution in [-0.2, 0) is 4.79 Å². The first-order valence-corrected chi connectivity index (χ1v) is 7.88. The van der Waals surface area contributed by atoms with Crippen molar-refractivity contribution in [3.05, 3.63) is 0 Å². The number of aliphatic carboxylic acids is 1. The zero-order valence-electron chi connectivity index (χ0n) is 11.8. The maximum Gasteiger partial charge on any atom is 0.326 e. The van der Waals surface area contributed by atoms with E-state index in [1.165, 1.54) is 24.2 Å². The van der Waals surface area contributed by atoms with Crippen LogP contribution in [0.25, 0.3) is 0 Å². The molecule has 5 heteroatoms. The van der Waals surface area contributed by atoms with Gasteiger partial charge in [0.25, 0.3) is 0 Å². The van der Waals surface area contributed by atoms with Gasteiger partial charge in [-0.25, -0.2) is 9.59 Å². The SMILES string of the molecule is CC1CCN(C(=O)NC2C3C4CCC(C4)C23)C1C(=O)O. The molecule has 3 aliphatic carbocycles. The number of urea groups is 1. The van der Waals surface area contributed by atoms with Crippen LogP contribution in [0.3, 0.4) is 0 Å². The maximum atomic E-state index is 12.4. The van der Waals surface area contributed by atoms with Gasteiger partial charge in [0.15, 0.2) is 0 Å². The maximum absolute atomic E-state index is 12.4. The normalized spacial score (nSPS) is 48.2. The number of carbonyl (C=O) groups is 2. The van der Waals surface area contributed by atoms with E-state index in [0.717, 1.165) is 18.3 Å². The lowest BCUT2D eigenvalue weighted by Gasteiger charge is -2.24. The van der Waals surface area contributed by atoms with Crippen molar-refractivity contribution in [1.29, 1.82) is 0 Å². The van der Waals surface area contributed by atoms with Gasteiger partial charge in [-0.05, 0) is 55.3 Å². The Balaban J connectivity index is 1.41. The number of carbonyl (C=O) groups excluding carboxylic acids is 1. The summed E-state index contributed by atoms with van der Waals surface area (Å²) in [7, 11) is 0. The highest BCUT2D eigenvalue weighted by Gasteiger charge is 2.65. The lowest BCUT2D eigenvalue weighted by Crippen LogP contribution is -2.48. The minimum absolute atomic E-state index is 0.0492. The van der Waals surface area contributed by atoms with Gasteiger partial charge < -0.3 is 15.3 Å². The molecule has 2 bridgehead atoms. The summed E-state index contributed by atoms with van der Waals surface area (Å²) >= 11 is 0. The Morgan fingerprint density at radius 3 is 2.40 bits per heavy atom. The summed E-state index contributed by atoms with van der Waals surface area (Å²) in [4.78, 5) is 25.2. The van der Waals surface area contributed by atoms with E-state index in [0.29, 0.717) is 24.4 Å². The zero-order chi connectivity index (χ0) is 14.0. The molecule has 0 radical (unpaired) electrons. The Morgan fingerprint density at radius 2 is 1.80 bits per heavy atom. The number of hydrogen-bond donors (Lipinski definition) is 2. The first kappa shape index (κ1) is 12.5. The van der Waals surface area contributed by atoms with E-state index >= 15 is 0 Å². The molecule has 2 N–H and O–H groups in total. The molecule has 2 amide bonds. The molecular weight excluding hydrogens is 256 g/mol. The second kappa shape index (κ2) is 4.12. The van der Waals surface area contributed by atoms with Crippen LogP contribution in [0, 0.1) is 29.6 Å². The van der Waals surface area contributed by atoms with Gasteiger partial charge in [-0.15, -0.1) is 0 Å². The largest absolute Gasteiger partial charge is 0.480 e. The van der Waals surface area contributed by atoms with E-state index in [4.69, 9.17) is 0 Å². The Kier molecular flexibility index (Phi) is 2.57. The standard InChI is InChI=1S/C15H22N2O3/c1-7-4-5-17(13(7)14(18)19)15(20)16-12-10-8-2-3-9(6-8)11(10)12/h7-13H,2-6H2,1H3,(H,16,20)(H,18,19). The third kappa shape index (κ3) is 1.61. The van der Waals surface area contributed by atoms with Gasteiger partial charge in [0.05, 0.1) is 0 Å². The highest BCUT2D eigenvalue weighted by molar-refractivity contribution is 5.84. The third-order valence-electron chi connectivity index (χ3n) is 6.24. The van der Waals surface area contributed by atoms with Gasteiger partial charge >= 0.3 is 12.0 Å². The third-order valence-corrected chi connectivity index (χ3v) is 6.24. The summed E-state index contributed by atoms with van der Waals surface area (Å²) < 4.78 is 0. The van der Waals surface area contributed by atoms with Crippen LogP contribution in [0.2, 0.25) is 0 Å². The molecule has 3 saturated carbocycles. The summed E-state index contributed by atoms with van der Waals surface area (Å²) in [6, 6.07) is -0.468. The first-order valence-electron chi connectivity index (χ1n) is 7.88. The van der Waals surface area contributed by atoms with E-state index in [1.807, 2.05) is 6.92 Å². The molecule has 4 aliphatic rings. The van der Waals surface area contributed by atoms with E-state index in [-0.39, 0.29) is 11.9 Å². The quantitative estimate of drug-likeness (QED) is 0.805. The van der Waals surface area contributed by atoms with E-state index in [9.17, 15) is 14.7 Å². The van der Waals surface area contributed by atoms with Crippen molar-refractivity contribution in [2.24, 2.45) is 29.6 Å². The van der Waals surface area contributed by atoms with E-state index in [2.05, 4.69) is 5.32 Å². The average molecular weight is 278 g/mol. The number of nitrogens with one attached hydrogen (secondary N) is 1. The number of amides is 2. The minimum atomic E-state index is -0.874. The van der Waals surface area contributed by atoms with Gasteiger partial charge in [-0.1, -0.05) is 6.92 Å². The van der Waals surface area contributed by atoms with Gasteiger partial charge in [-0.3, -0.25) is 0 Å². The second-order valence-electron chi connectivity index (χ2n) is 7.21. The Hall–Kier alpha value is -1.26. The molecule has 0 aromatic carbocycles. The predicted octanol–water partition coefficient (Wildman–Crippen LogP) is 1.54. The Labute approximate surface area is 118 Å². The van der Waals surface area contributed by atoms with Crippen LogP contribution in [0.15, 0.2) is 0 Å². The molecule has 20 heavy (non-hydrogen) atoms. The molecule has 6 unspecified atom stereocenters. The van der Waals surface area contributed by atoms with Crippen LogP contribution >= 0.6 is 0 Å². The first-order chi connectivity index (χ1) is 9.58. The summed E-state index contributed by atoms with van der Waals surface area (Å²) in [6.45, 7) is 2.48. The van der Waals surface area contributed by atoms with Gasteiger partial charge in [0.2, 0.25) is 0 Å². The van der Waals surface area contributed by atoms with Crippen LogP contribution in [0.5, 0.6) is 0 Å². The van der Waals surface area contributed by atoms with Crippen molar-refractivity contribution in [1.82, 2.24) is 10.2 Å². The number of nitrogens with zero attached hydrogens (tertiary/aromatic N) is 1. The van der Waals surface area contributed by atoms with Crippen molar-refractivity contribution in [2.45, 2.75) is 44.7 Å². The van der Waals surface area contributed by atoms with Crippen molar-refractivity contribution in [3.63, 3.8) is 0 Å².